The molecule has 2 unspecified atom stereocenters. The van der Waals surface area contributed by atoms with Crippen LogP contribution in [-0.4, -0.2) is 151 Å². The molecule has 45 heavy (non-hydrogen) atoms. The van der Waals surface area contributed by atoms with Crippen LogP contribution < -0.4 is 15.5 Å². The third-order valence-corrected chi connectivity index (χ3v) is 6.21. The molecule has 0 saturated carbocycles. The predicted molar refractivity (Wildman–Crippen MR) is 176 cm³/mol. The number of aliphatic imine (C=N–C) groups is 1. The van der Waals surface area contributed by atoms with Crippen LogP contribution in [-0.2, 0) is 14.4 Å². The minimum atomic E-state index is -1.13. The molecule has 0 aromatic heterocycles. The number of hydrogen-bond donors (Lipinski definition) is 4. The number of carboxylic acid groups (broad SMARTS) is 2. The summed E-state index contributed by atoms with van der Waals surface area (Å²) in [5.74, 6) is -2.40. The van der Waals surface area contributed by atoms with E-state index in [1.54, 1.807) is 24.8 Å². The van der Waals surface area contributed by atoms with Gasteiger partial charge in [-0.25, -0.2) is 0 Å². The van der Waals surface area contributed by atoms with Gasteiger partial charge >= 0.3 is 43.7 Å². The summed E-state index contributed by atoms with van der Waals surface area (Å²) in [7, 11) is 0. The van der Waals surface area contributed by atoms with Gasteiger partial charge in [0.2, 0.25) is 5.91 Å². The number of hydrogen-bond acceptors (Lipinski definition) is 10. The average Bonchev–Trinajstić information content (AvgIpc) is 2.94. The number of carboxylic acids is 2. The Kier molecular flexibility index (Phi) is 36.0. The molecule has 4 N–H and O–H groups in total. The van der Waals surface area contributed by atoms with Crippen LogP contribution in [0.15, 0.2) is 29.3 Å². The zero-order valence-electron chi connectivity index (χ0n) is 28.1. The van der Waals surface area contributed by atoms with Crippen molar-refractivity contribution in [1.29, 1.82) is 0 Å². The molecule has 0 aliphatic rings. The topological polar surface area (TPSA) is 189 Å². The van der Waals surface area contributed by atoms with Crippen LogP contribution in [0, 0.1) is 0 Å². The minimum Gasteiger partial charge on any atom is -0.859 e. The average molecular weight is 667 g/mol. The molecule has 0 aliphatic heterocycles. The number of nitrogens with one attached hydrogen (secondary N) is 1. The van der Waals surface area contributed by atoms with E-state index in [0.717, 1.165) is 44.9 Å². The molecule has 0 rings (SSSR count). The molecule has 0 radical (unpaired) electrons. The van der Waals surface area contributed by atoms with Crippen LogP contribution in [0.4, 0.5) is 0 Å². The van der Waals surface area contributed by atoms with Gasteiger partial charge in [0, 0.05) is 51.8 Å². The molecular weight excluding hydrogens is 608 g/mol. The molecule has 13 heteroatoms. The van der Waals surface area contributed by atoms with Gasteiger partial charge in [-0.1, -0.05) is 57.8 Å². The van der Waals surface area contributed by atoms with Crippen LogP contribution >= 0.6 is 0 Å². The number of allylic oxidation sites excluding steroid dienone is 2. The third kappa shape index (κ3) is 38.6. The Labute approximate surface area is 300 Å². The first kappa shape index (κ1) is 47.9. The smallest absolute Gasteiger partial charge is 0.859 e. The molecular formula is C32H58CaN4O8. The van der Waals surface area contributed by atoms with Crippen LogP contribution in [0.5, 0.6) is 0 Å². The van der Waals surface area contributed by atoms with E-state index in [1.165, 1.54) is 12.5 Å². The number of carbonyl (C=O) groups excluding carboxylic acids is 2. The molecule has 0 bridgehead atoms. The van der Waals surface area contributed by atoms with Crippen molar-refractivity contribution in [1.82, 2.24) is 15.1 Å². The summed E-state index contributed by atoms with van der Waals surface area (Å²) < 4.78 is 0. The fourth-order valence-electron chi connectivity index (χ4n) is 3.99. The first-order valence-electron chi connectivity index (χ1n) is 16.0. The van der Waals surface area contributed by atoms with Crippen molar-refractivity contribution in [3.05, 3.63) is 24.3 Å². The van der Waals surface area contributed by atoms with Gasteiger partial charge < -0.3 is 35.6 Å². The van der Waals surface area contributed by atoms with Crippen molar-refractivity contribution in [2.24, 2.45) is 4.99 Å². The van der Waals surface area contributed by atoms with E-state index in [0.29, 0.717) is 39.3 Å². The van der Waals surface area contributed by atoms with Gasteiger partial charge in [-0.3, -0.25) is 24.4 Å². The van der Waals surface area contributed by atoms with E-state index in [4.69, 9.17) is 5.11 Å². The monoisotopic (exact) mass is 666 g/mol. The summed E-state index contributed by atoms with van der Waals surface area (Å²) >= 11 is 0. The van der Waals surface area contributed by atoms with Crippen molar-refractivity contribution >= 4 is 61.5 Å². The summed E-state index contributed by atoms with van der Waals surface area (Å²) in [6.07, 6.45) is 14.2. The van der Waals surface area contributed by atoms with Crippen LogP contribution in [0.1, 0.15) is 91.9 Å². The molecule has 0 aromatic rings. The molecule has 0 aliphatic carbocycles. The molecule has 0 fully saturated rings. The maximum atomic E-state index is 11.6. The Morgan fingerprint density at radius 2 is 1.31 bits per heavy atom. The zero-order chi connectivity index (χ0) is 33.6. The first-order valence-corrected chi connectivity index (χ1v) is 16.0. The maximum absolute atomic E-state index is 11.6. The normalized spacial score (nSPS) is 13.0. The van der Waals surface area contributed by atoms with Crippen LogP contribution in [0.25, 0.3) is 0 Å². The second-order valence-electron chi connectivity index (χ2n) is 10.9. The van der Waals surface area contributed by atoms with E-state index < -0.39 is 24.1 Å². The number of nitrogens with zero attached hydrogens (tertiary/aromatic N) is 3. The molecule has 0 spiro atoms. The van der Waals surface area contributed by atoms with E-state index in [-0.39, 0.29) is 75.5 Å². The van der Waals surface area contributed by atoms with Gasteiger partial charge in [0.15, 0.2) is 0 Å². The number of rotatable bonds is 26. The molecule has 2 atom stereocenters. The Bertz CT molecular complexity index is 838. The second kappa shape index (κ2) is 33.8. The van der Waals surface area contributed by atoms with E-state index in [9.17, 15) is 34.8 Å². The quantitative estimate of drug-likeness (QED) is 0.0337. The Balaban J connectivity index is -0.000000767. The SMILES string of the molecule is CCCCC/C=C/C(=O)NCCN(CCC(=O)O)CC(C)O.CCCCC/C=C/C([O-])=NCCN(CCC(=O)[O-])CC(C)O.[Ca+2]. The molecule has 1 amide bonds. The molecule has 12 nitrogen and oxygen atoms in total. The van der Waals surface area contributed by atoms with Gasteiger partial charge in [0.1, 0.15) is 0 Å². The summed E-state index contributed by atoms with van der Waals surface area (Å²) in [5, 5.41) is 52.2. The Morgan fingerprint density at radius 1 is 0.800 bits per heavy atom. The van der Waals surface area contributed by atoms with Crippen molar-refractivity contribution < 1.29 is 39.9 Å². The number of unbranched alkanes of at least 4 members (excludes halogenated alkanes) is 6. The number of carbonyl (C=O) groups is 3. The maximum Gasteiger partial charge on any atom is 2.00 e. The first-order chi connectivity index (χ1) is 20.9. The van der Waals surface area contributed by atoms with Crippen LogP contribution in [0.3, 0.4) is 0 Å². The summed E-state index contributed by atoms with van der Waals surface area (Å²) in [6, 6.07) is 0. The third-order valence-electron chi connectivity index (χ3n) is 6.21. The molecule has 0 saturated heterocycles. The molecule has 0 aromatic carbocycles. The van der Waals surface area contributed by atoms with Crippen molar-refractivity contribution in [2.75, 3.05) is 52.4 Å². The standard InChI is InChI=1S/2C16H30N2O4.Ca/c2*1-3-4-5-6-7-8-15(20)17-10-12-18(13-14(2)19)11-9-16(21)22;/h2*7-8,14,19H,3-6,9-13H2,1-2H3,(H,17,20)(H,21,22);/q;;+2/p-2/b2*8-7+;. The van der Waals surface area contributed by atoms with Crippen molar-refractivity contribution in [2.45, 2.75) is 104 Å². The van der Waals surface area contributed by atoms with Crippen LogP contribution in [0.2, 0.25) is 0 Å². The number of aliphatic hydroxyl groups excluding tert-OH is 2. The largest absolute Gasteiger partial charge is 2.00 e. The fraction of sp³-hybridized carbons (Fsp3) is 0.750. The molecule has 256 valence electrons. The number of amides is 1. The Hall–Kier alpha value is -1.54. The van der Waals surface area contributed by atoms with Gasteiger partial charge in [0.25, 0.3) is 0 Å². The molecule has 0 heterocycles. The van der Waals surface area contributed by atoms with Gasteiger partial charge in [0.05, 0.1) is 25.2 Å². The second-order valence-corrected chi connectivity index (χ2v) is 10.9. The van der Waals surface area contributed by atoms with Gasteiger partial charge in [-0.2, -0.15) is 0 Å². The predicted octanol–water partition coefficient (Wildman–Crippen LogP) is 0.720. The van der Waals surface area contributed by atoms with Gasteiger partial charge in [-0.15, -0.1) is 0 Å². The minimum absolute atomic E-state index is 0. The van der Waals surface area contributed by atoms with Gasteiger partial charge in [-0.05, 0) is 57.9 Å². The van der Waals surface area contributed by atoms with E-state index in [2.05, 4.69) is 24.2 Å². The number of aliphatic carboxylic acids is 2. The zero-order valence-corrected chi connectivity index (χ0v) is 30.3. The van der Waals surface area contributed by atoms with Crippen molar-refractivity contribution in [3.8, 4) is 0 Å². The fourth-order valence-corrected chi connectivity index (χ4v) is 3.99. The van der Waals surface area contributed by atoms with Crippen molar-refractivity contribution in [3.63, 3.8) is 0 Å². The summed E-state index contributed by atoms with van der Waals surface area (Å²) in [5.41, 5.74) is 0. The summed E-state index contributed by atoms with van der Waals surface area (Å²) in [4.78, 5) is 40.2. The number of aliphatic hydroxyl groups is 2. The van der Waals surface area contributed by atoms with E-state index >= 15 is 0 Å². The Morgan fingerprint density at radius 3 is 1.80 bits per heavy atom. The summed E-state index contributed by atoms with van der Waals surface area (Å²) in [6.45, 7) is 10.6. The van der Waals surface area contributed by atoms with E-state index in [1.807, 2.05) is 17.1 Å².